The fourth-order valence-electron chi connectivity index (χ4n) is 1.49. The second-order valence-electron chi connectivity index (χ2n) is 3.64. The fourth-order valence-corrected chi connectivity index (χ4v) is 1.49. The quantitative estimate of drug-likeness (QED) is 0.713. The minimum atomic E-state index is -0.0804. The first-order valence-corrected chi connectivity index (χ1v) is 5.55. The molecule has 1 aromatic rings. The van der Waals surface area contributed by atoms with E-state index in [0.29, 0.717) is 13.2 Å². The van der Waals surface area contributed by atoms with Crippen LogP contribution in [0.2, 0.25) is 0 Å². The Labute approximate surface area is 96.8 Å². The molecule has 2 atom stereocenters. The summed E-state index contributed by atoms with van der Waals surface area (Å²) in [6.45, 7) is 3.19. The smallest absolute Gasteiger partial charge is 0.0977 e. The highest BCUT2D eigenvalue weighted by Crippen LogP contribution is 2.21. The highest BCUT2D eigenvalue weighted by Gasteiger charge is 2.18. The monoisotopic (exact) mass is 224 g/mol. The fraction of sp³-hybridized carbons (Fsp3) is 0.583. The van der Waals surface area contributed by atoms with E-state index < -0.39 is 0 Å². The lowest BCUT2D eigenvalue weighted by molar-refractivity contribution is 0.00269. The van der Waals surface area contributed by atoms with Crippen molar-refractivity contribution in [2.24, 2.45) is 5.73 Å². The third-order valence-electron chi connectivity index (χ3n) is 2.48. The normalized spacial score (nSPS) is 14.7. The van der Waals surface area contributed by atoms with E-state index in [4.69, 9.17) is 15.2 Å². The van der Waals surface area contributed by atoms with Crippen LogP contribution in [0.3, 0.4) is 0 Å². The molecule has 0 saturated heterocycles. The zero-order chi connectivity index (χ0) is 11.8. The molecule has 4 nitrogen and oxygen atoms in total. The molecular weight excluding hydrogens is 204 g/mol. The predicted molar refractivity (Wildman–Crippen MR) is 63.1 cm³/mol. The summed E-state index contributed by atoms with van der Waals surface area (Å²) in [5.74, 6) is 0. The number of nitrogens with two attached hydrogens (primary N) is 1. The SMILES string of the molecule is CCC(N)C(OCCOC)c1ccncc1. The average molecular weight is 224 g/mol. The highest BCUT2D eigenvalue weighted by molar-refractivity contribution is 5.15. The largest absolute Gasteiger partial charge is 0.382 e. The van der Waals surface area contributed by atoms with Gasteiger partial charge in [0.25, 0.3) is 0 Å². The summed E-state index contributed by atoms with van der Waals surface area (Å²) in [5, 5.41) is 0. The minimum absolute atomic E-state index is 0.000689. The molecule has 0 aliphatic heterocycles. The first-order valence-electron chi connectivity index (χ1n) is 5.55. The van der Waals surface area contributed by atoms with Crippen LogP contribution in [-0.2, 0) is 9.47 Å². The number of nitrogens with zero attached hydrogens (tertiary/aromatic N) is 1. The number of hydrogen-bond acceptors (Lipinski definition) is 4. The van der Waals surface area contributed by atoms with E-state index in [1.807, 2.05) is 12.1 Å². The zero-order valence-corrected chi connectivity index (χ0v) is 9.93. The van der Waals surface area contributed by atoms with Gasteiger partial charge in [-0.05, 0) is 24.1 Å². The second kappa shape index (κ2) is 7.33. The van der Waals surface area contributed by atoms with Crippen LogP contribution in [0.5, 0.6) is 0 Å². The van der Waals surface area contributed by atoms with Crippen LogP contribution >= 0.6 is 0 Å². The van der Waals surface area contributed by atoms with E-state index in [-0.39, 0.29) is 12.1 Å². The van der Waals surface area contributed by atoms with Gasteiger partial charge in [-0.1, -0.05) is 6.92 Å². The van der Waals surface area contributed by atoms with E-state index in [1.165, 1.54) is 0 Å². The number of ether oxygens (including phenoxy) is 2. The molecule has 16 heavy (non-hydrogen) atoms. The van der Waals surface area contributed by atoms with E-state index in [9.17, 15) is 0 Å². The second-order valence-corrected chi connectivity index (χ2v) is 3.64. The molecule has 0 spiro atoms. The lowest BCUT2D eigenvalue weighted by Crippen LogP contribution is -2.30. The van der Waals surface area contributed by atoms with Gasteiger partial charge in [-0.3, -0.25) is 4.98 Å². The molecule has 1 rings (SSSR count). The van der Waals surface area contributed by atoms with Crippen molar-refractivity contribution in [1.82, 2.24) is 4.98 Å². The Balaban J connectivity index is 2.64. The number of methoxy groups -OCH3 is 1. The lowest BCUT2D eigenvalue weighted by atomic mass is 10.0. The van der Waals surface area contributed by atoms with Crippen LogP contribution in [0, 0.1) is 0 Å². The summed E-state index contributed by atoms with van der Waals surface area (Å²) < 4.78 is 10.7. The third kappa shape index (κ3) is 3.89. The topological polar surface area (TPSA) is 57.4 Å². The molecule has 0 saturated carbocycles. The summed E-state index contributed by atoms with van der Waals surface area (Å²) in [6, 6.07) is 3.87. The molecule has 2 N–H and O–H groups in total. The van der Waals surface area contributed by atoms with Crippen molar-refractivity contribution >= 4 is 0 Å². The molecule has 0 bridgehead atoms. The van der Waals surface area contributed by atoms with Gasteiger partial charge in [0.15, 0.2) is 0 Å². The van der Waals surface area contributed by atoms with Crippen LogP contribution in [0.15, 0.2) is 24.5 Å². The van der Waals surface area contributed by atoms with Gasteiger partial charge in [0.2, 0.25) is 0 Å². The van der Waals surface area contributed by atoms with E-state index in [1.54, 1.807) is 19.5 Å². The van der Waals surface area contributed by atoms with Gasteiger partial charge in [0.1, 0.15) is 0 Å². The number of pyridine rings is 1. The molecule has 0 amide bonds. The van der Waals surface area contributed by atoms with Gasteiger partial charge in [0.05, 0.1) is 19.3 Å². The summed E-state index contributed by atoms with van der Waals surface area (Å²) in [7, 11) is 1.66. The Morgan fingerprint density at radius 2 is 2.00 bits per heavy atom. The van der Waals surface area contributed by atoms with E-state index in [0.717, 1.165) is 12.0 Å². The Hall–Kier alpha value is -0.970. The molecule has 0 radical (unpaired) electrons. The molecule has 1 heterocycles. The predicted octanol–water partition coefficient (Wildman–Crippen LogP) is 1.52. The van der Waals surface area contributed by atoms with Gasteiger partial charge >= 0.3 is 0 Å². The van der Waals surface area contributed by atoms with Crippen LogP contribution in [0.1, 0.15) is 25.0 Å². The summed E-state index contributed by atoms with van der Waals surface area (Å²) in [6.07, 6.45) is 4.30. The first kappa shape index (κ1) is 13.1. The summed E-state index contributed by atoms with van der Waals surface area (Å²) in [4.78, 5) is 3.99. The average Bonchev–Trinajstić information content (AvgIpc) is 2.35. The van der Waals surface area contributed by atoms with Gasteiger partial charge in [-0.2, -0.15) is 0 Å². The van der Waals surface area contributed by atoms with Crippen molar-refractivity contribution in [1.29, 1.82) is 0 Å². The van der Waals surface area contributed by atoms with Crippen LogP contribution in [0.4, 0.5) is 0 Å². The molecule has 2 unspecified atom stereocenters. The number of aromatic nitrogens is 1. The number of rotatable bonds is 7. The Kier molecular flexibility index (Phi) is 6.00. The van der Waals surface area contributed by atoms with Gasteiger partial charge in [-0.25, -0.2) is 0 Å². The van der Waals surface area contributed by atoms with Gasteiger partial charge in [0, 0.05) is 25.5 Å². The maximum Gasteiger partial charge on any atom is 0.0977 e. The molecule has 4 heteroatoms. The lowest BCUT2D eigenvalue weighted by Gasteiger charge is -2.23. The van der Waals surface area contributed by atoms with Crippen LogP contribution in [0.25, 0.3) is 0 Å². The molecular formula is C12H20N2O2. The van der Waals surface area contributed by atoms with Crippen molar-refractivity contribution in [2.75, 3.05) is 20.3 Å². The number of hydrogen-bond donors (Lipinski definition) is 1. The summed E-state index contributed by atoms with van der Waals surface area (Å²) in [5.41, 5.74) is 7.12. The van der Waals surface area contributed by atoms with Crippen LogP contribution in [-0.4, -0.2) is 31.3 Å². The van der Waals surface area contributed by atoms with Crippen molar-refractivity contribution in [3.05, 3.63) is 30.1 Å². The van der Waals surface area contributed by atoms with Crippen molar-refractivity contribution in [3.63, 3.8) is 0 Å². The van der Waals surface area contributed by atoms with E-state index in [2.05, 4.69) is 11.9 Å². The maximum atomic E-state index is 6.05. The third-order valence-corrected chi connectivity index (χ3v) is 2.48. The molecule has 90 valence electrons. The maximum absolute atomic E-state index is 6.05. The summed E-state index contributed by atoms with van der Waals surface area (Å²) >= 11 is 0. The minimum Gasteiger partial charge on any atom is -0.382 e. The van der Waals surface area contributed by atoms with Crippen LogP contribution < -0.4 is 5.73 Å². The van der Waals surface area contributed by atoms with Gasteiger partial charge < -0.3 is 15.2 Å². The molecule has 0 aliphatic rings. The molecule has 0 aliphatic carbocycles. The van der Waals surface area contributed by atoms with E-state index >= 15 is 0 Å². The van der Waals surface area contributed by atoms with Crippen molar-refractivity contribution < 1.29 is 9.47 Å². The first-order chi connectivity index (χ1) is 7.79. The van der Waals surface area contributed by atoms with Gasteiger partial charge in [-0.15, -0.1) is 0 Å². The Morgan fingerprint density at radius 3 is 2.56 bits per heavy atom. The van der Waals surface area contributed by atoms with Crippen molar-refractivity contribution in [2.45, 2.75) is 25.5 Å². The standard InChI is InChI=1S/C12H20N2O2/c1-3-11(13)12(16-9-8-15-2)10-4-6-14-7-5-10/h4-7,11-12H,3,8-9,13H2,1-2H3. The van der Waals surface area contributed by atoms with Crippen molar-refractivity contribution in [3.8, 4) is 0 Å². The molecule has 1 aromatic heterocycles. The molecule has 0 aromatic carbocycles. The molecule has 0 fully saturated rings. The Bertz CT molecular complexity index is 280. The highest BCUT2D eigenvalue weighted by atomic mass is 16.5. The zero-order valence-electron chi connectivity index (χ0n) is 9.93. The Morgan fingerprint density at radius 1 is 1.31 bits per heavy atom.